The molecule has 2 rings (SSSR count). The number of hydrogen-bond donors (Lipinski definition) is 3. The molecule has 0 heterocycles. The van der Waals surface area contributed by atoms with Gasteiger partial charge in [-0.15, -0.1) is 6.58 Å². The third-order valence-corrected chi connectivity index (χ3v) is 6.02. The Morgan fingerprint density at radius 1 is 1.19 bits per heavy atom. The summed E-state index contributed by atoms with van der Waals surface area (Å²) in [7, 11) is -4.29. The zero-order valence-corrected chi connectivity index (χ0v) is 18.0. The monoisotopic (exact) mass is 463 g/mol. The molecule has 0 aromatic heterocycles. The Morgan fingerprint density at radius 3 is 2.50 bits per heavy atom. The van der Waals surface area contributed by atoms with Crippen LogP contribution in [0.1, 0.15) is 18.4 Å². The van der Waals surface area contributed by atoms with E-state index in [2.05, 4.69) is 16.6 Å². The summed E-state index contributed by atoms with van der Waals surface area (Å²) in [5.41, 5.74) is 0.260. The molecule has 2 aromatic rings. The molecule has 3 N–H and O–H groups in total. The van der Waals surface area contributed by atoms with Crippen LogP contribution in [0.3, 0.4) is 0 Å². The summed E-state index contributed by atoms with van der Waals surface area (Å²) in [4.78, 5) is 21.7. The van der Waals surface area contributed by atoms with Crippen LogP contribution in [-0.4, -0.2) is 43.2 Å². The van der Waals surface area contributed by atoms with Gasteiger partial charge in [-0.05, 0) is 24.5 Å². The number of nitro groups is 1. The normalized spacial score (nSPS) is 13.0. The summed E-state index contributed by atoms with van der Waals surface area (Å²) in [5.74, 6) is 0. The number of rotatable bonds is 12. The molecule has 0 saturated heterocycles. The maximum absolute atomic E-state index is 12.7. The summed E-state index contributed by atoms with van der Waals surface area (Å²) < 4.78 is 32.8. The first-order chi connectivity index (χ1) is 15.2. The van der Waals surface area contributed by atoms with Crippen LogP contribution < -0.4 is 10.0 Å². The number of nitrogens with zero attached hydrogens (tertiary/aromatic N) is 1. The zero-order valence-electron chi connectivity index (χ0n) is 17.2. The van der Waals surface area contributed by atoms with Crippen molar-refractivity contribution in [2.24, 2.45) is 0 Å². The molecule has 0 spiro atoms. The van der Waals surface area contributed by atoms with E-state index < -0.39 is 43.8 Å². The SMILES string of the molecule is C=C[C@H](O)[C@H](CCCNC(=O)OCc1ccccc1)NS(=O)(=O)c1ccccc1[N+](=O)[O-]. The summed E-state index contributed by atoms with van der Waals surface area (Å²) in [5, 5.41) is 23.8. The molecule has 0 bridgehead atoms. The second kappa shape index (κ2) is 11.9. The maximum Gasteiger partial charge on any atom is 0.407 e. The van der Waals surface area contributed by atoms with E-state index in [-0.39, 0.29) is 19.6 Å². The van der Waals surface area contributed by atoms with Crippen molar-refractivity contribution in [1.82, 2.24) is 10.0 Å². The molecule has 1 amide bonds. The van der Waals surface area contributed by atoms with Gasteiger partial charge in [0.1, 0.15) is 6.61 Å². The van der Waals surface area contributed by atoms with E-state index in [1.807, 2.05) is 30.3 Å². The lowest BCUT2D eigenvalue weighted by Gasteiger charge is -2.22. The summed E-state index contributed by atoms with van der Waals surface area (Å²) in [6.45, 7) is 3.74. The molecule has 0 saturated carbocycles. The Hall–Kier alpha value is -3.28. The van der Waals surface area contributed by atoms with Crippen molar-refractivity contribution in [1.29, 1.82) is 0 Å². The van der Waals surface area contributed by atoms with E-state index in [0.29, 0.717) is 6.42 Å². The standard InChI is InChI=1S/C21H25N3O7S/c1-2-19(25)17(23-32(29,30)20-13-7-6-12-18(20)24(27)28)11-8-14-22-21(26)31-15-16-9-4-3-5-10-16/h2-7,9-10,12-13,17,19,23,25H,1,8,11,14-15H2,(H,22,26)/t17-,19-/m0/s1. The van der Waals surface area contributed by atoms with Crippen LogP contribution in [0.5, 0.6) is 0 Å². The molecule has 32 heavy (non-hydrogen) atoms. The summed E-state index contributed by atoms with van der Waals surface area (Å²) in [6, 6.07) is 13.1. The number of para-hydroxylation sites is 1. The van der Waals surface area contributed by atoms with Gasteiger partial charge in [0, 0.05) is 12.6 Å². The Morgan fingerprint density at radius 2 is 1.84 bits per heavy atom. The first-order valence-electron chi connectivity index (χ1n) is 9.75. The fourth-order valence-electron chi connectivity index (χ4n) is 2.85. The van der Waals surface area contributed by atoms with Gasteiger partial charge in [-0.3, -0.25) is 10.1 Å². The molecule has 0 aliphatic heterocycles. The second-order valence-corrected chi connectivity index (χ2v) is 8.49. The molecular weight excluding hydrogens is 438 g/mol. The number of carbonyl (C=O) groups excluding carboxylic acids is 1. The lowest BCUT2D eigenvalue weighted by Crippen LogP contribution is -2.43. The fraction of sp³-hybridized carbons (Fsp3) is 0.286. The Kier molecular flexibility index (Phi) is 9.32. The molecule has 0 radical (unpaired) electrons. The van der Waals surface area contributed by atoms with E-state index in [1.54, 1.807) is 0 Å². The topological polar surface area (TPSA) is 148 Å². The quantitative estimate of drug-likeness (QED) is 0.190. The van der Waals surface area contributed by atoms with E-state index >= 15 is 0 Å². The third-order valence-electron chi connectivity index (χ3n) is 4.49. The summed E-state index contributed by atoms with van der Waals surface area (Å²) >= 11 is 0. The van der Waals surface area contributed by atoms with Gasteiger partial charge in [0.25, 0.3) is 5.69 Å². The van der Waals surface area contributed by atoms with Gasteiger partial charge < -0.3 is 15.2 Å². The number of carbonyl (C=O) groups is 1. The van der Waals surface area contributed by atoms with E-state index in [0.717, 1.165) is 23.8 Å². The van der Waals surface area contributed by atoms with Gasteiger partial charge in [-0.25, -0.2) is 17.9 Å². The molecule has 0 aliphatic rings. The van der Waals surface area contributed by atoms with E-state index in [1.165, 1.54) is 12.1 Å². The van der Waals surface area contributed by atoms with Crippen molar-refractivity contribution in [3.63, 3.8) is 0 Å². The number of benzene rings is 2. The van der Waals surface area contributed by atoms with Crippen LogP contribution in [0.15, 0.2) is 72.1 Å². The molecular formula is C21H25N3O7S. The highest BCUT2D eigenvalue weighted by Crippen LogP contribution is 2.23. The summed E-state index contributed by atoms with van der Waals surface area (Å²) in [6.07, 6.45) is -0.275. The number of amides is 1. The largest absolute Gasteiger partial charge is 0.445 e. The molecule has 0 unspecified atom stereocenters. The lowest BCUT2D eigenvalue weighted by atomic mass is 10.1. The Bertz CT molecular complexity index is 1030. The fourth-order valence-corrected chi connectivity index (χ4v) is 4.31. The highest BCUT2D eigenvalue weighted by molar-refractivity contribution is 7.89. The van der Waals surface area contributed by atoms with Crippen LogP contribution in [-0.2, 0) is 21.4 Å². The van der Waals surface area contributed by atoms with E-state index in [4.69, 9.17) is 4.74 Å². The Labute approximate surface area is 186 Å². The Balaban J connectivity index is 1.91. The molecule has 0 aliphatic carbocycles. The average molecular weight is 464 g/mol. The van der Waals surface area contributed by atoms with Crippen molar-refractivity contribution in [2.45, 2.75) is 36.5 Å². The highest BCUT2D eigenvalue weighted by Gasteiger charge is 2.29. The van der Waals surface area contributed by atoms with Crippen molar-refractivity contribution >= 4 is 21.8 Å². The minimum Gasteiger partial charge on any atom is -0.445 e. The molecule has 0 fully saturated rings. The van der Waals surface area contributed by atoms with Crippen molar-refractivity contribution < 1.29 is 28.0 Å². The zero-order chi connectivity index (χ0) is 23.6. The van der Waals surface area contributed by atoms with Crippen LogP contribution in [0.2, 0.25) is 0 Å². The number of hydrogen-bond acceptors (Lipinski definition) is 7. The van der Waals surface area contributed by atoms with Crippen LogP contribution in [0, 0.1) is 10.1 Å². The number of ether oxygens (including phenoxy) is 1. The van der Waals surface area contributed by atoms with Gasteiger partial charge >= 0.3 is 6.09 Å². The van der Waals surface area contributed by atoms with Crippen LogP contribution in [0.25, 0.3) is 0 Å². The highest BCUT2D eigenvalue weighted by atomic mass is 32.2. The number of alkyl carbamates (subject to hydrolysis) is 1. The first kappa shape index (κ1) is 25.0. The molecule has 10 nitrogen and oxygen atoms in total. The number of nitrogens with one attached hydrogen (secondary N) is 2. The molecule has 2 atom stereocenters. The van der Waals surface area contributed by atoms with E-state index in [9.17, 15) is 28.4 Å². The van der Waals surface area contributed by atoms with Gasteiger partial charge in [-0.2, -0.15) is 0 Å². The minimum absolute atomic E-state index is 0.111. The average Bonchev–Trinajstić information content (AvgIpc) is 2.79. The van der Waals surface area contributed by atoms with Crippen LogP contribution in [0.4, 0.5) is 10.5 Å². The van der Waals surface area contributed by atoms with Gasteiger partial charge in [-0.1, -0.05) is 48.5 Å². The number of aliphatic hydroxyl groups is 1. The van der Waals surface area contributed by atoms with Crippen molar-refractivity contribution in [2.75, 3.05) is 6.54 Å². The van der Waals surface area contributed by atoms with Crippen molar-refractivity contribution in [3.8, 4) is 0 Å². The molecule has 172 valence electrons. The second-order valence-electron chi connectivity index (χ2n) is 6.81. The van der Waals surface area contributed by atoms with Gasteiger partial charge in [0.2, 0.25) is 10.0 Å². The van der Waals surface area contributed by atoms with Crippen LogP contribution >= 0.6 is 0 Å². The lowest BCUT2D eigenvalue weighted by molar-refractivity contribution is -0.387. The minimum atomic E-state index is -4.29. The first-order valence-corrected chi connectivity index (χ1v) is 11.2. The van der Waals surface area contributed by atoms with Gasteiger partial charge in [0.15, 0.2) is 4.90 Å². The smallest absolute Gasteiger partial charge is 0.407 e. The predicted molar refractivity (Wildman–Crippen MR) is 117 cm³/mol. The third kappa shape index (κ3) is 7.45. The number of nitro benzene ring substituents is 1. The predicted octanol–water partition coefficient (Wildman–Crippen LogP) is 2.50. The number of sulfonamides is 1. The molecule has 2 aromatic carbocycles. The van der Waals surface area contributed by atoms with Gasteiger partial charge in [0.05, 0.1) is 17.1 Å². The number of aliphatic hydroxyl groups excluding tert-OH is 1. The maximum atomic E-state index is 12.7. The molecule has 11 heteroatoms. The van der Waals surface area contributed by atoms with Crippen molar-refractivity contribution in [3.05, 3.63) is 82.9 Å².